The summed E-state index contributed by atoms with van der Waals surface area (Å²) in [6, 6.07) is 9.21. The average Bonchev–Trinajstić information content (AvgIpc) is 2.91. The SMILES string of the molecule is O=C(CSc1nc2ccccc2[nH]1)Nc1ncc(Cl)cc1Cl. The van der Waals surface area contributed by atoms with E-state index in [1.165, 1.54) is 24.0 Å². The Balaban J connectivity index is 1.62. The Morgan fingerprint density at radius 2 is 2.14 bits per heavy atom. The van der Waals surface area contributed by atoms with Gasteiger partial charge in [0.15, 0.2) is 11.0 Å². The molecule has 0 unspecified atom stereocenters. The number of aromatic nitrogens is 3. The lowest BCUT2D eigenvalue weighted by atomic mass is 10.3. The molecule has 1 aromatic carbocycles. The van der Waals surface area contributed by atoms with E-state index >= 15 is 0 Å². The van der Waals surface area contributed by atoms with Gasteiger partial charge in [0.2, 0.25) is 5.91 Å². The van der Waals surface area contributed by atoms with Gasteiger partial charge in [0, 0.05) is 6.20 Å². The minimum atomic E-state index is -0.220. The van der Waals surface area contributed by atoms with Gasteiger partial charge in [-0.25, -0.2) is 9.97 Å². The lowest BCUT2D eigenvalue weighted by Gasteiger charge is -2.05. The van der Waals surface area contributed by atoms with Crippen LogP contribution in [0.15, 0.2) is 41.7 Å². The second kappa shape index (κ2) is 6.56. The smallest absolute Gasteiger partial charge is 0.236 e. The Kier molecular flexibility index (Phi) is 4.52. The van der Waals surface area contributed by atoms with Crippen LogP contribution >= 0.6 is 35.0 Å². The highest BCUT2D eigenvalue weighted by Gasteiger charge is 2.10. The van der Waals surface area contributed by atoms with Crippen molar-refractivity contribution in [1.29, 1.82) is 0 Å². The number of fused-ring (bicyclic) bond motifs is 1. The van der Waals surface area contributed by atoms with Crippen molar-refractivity contribution in [3.63, 3.8) is 0 Å². The second-order valence-electron chi connectivity index (χ2n) is 4.38. The van der Waals surface area contributed by atoms with Crippen LogP contribution in [0.2, 0.25) is 10.0 Å². The standard InChI is InChI=1S/C14H10Cl2N4OS/c15-8-5-9(16)13(17-6-8)20-12(21)7-22-14-18-10-3-1-2-4-11(10)19-14/h1-6H,7H2,(H,18,19)(H,17,20,21). The van der Waals surface area contributed by atoms with Gasteiger partial charge in [0.05, 0.1) is 26.8 Å². The maximum Gasteiger partial charge on any atom is 0.236 e. The first kappa shape index (κ1) is 15.1. The zero-order valence-electron chi connectivity index (χ0n) is 11.1. The molecule has 1 amide bonds. The molecule has 2 heterocycles. The Morgan fingerprint density at radius 3 is 2.91 bits per heavy atom. The molecular formula is C14H10Cl2N4OS. The maximum absolute atomic E-state index is 11.9. The molecule has 0 saturated heterocycles. The van der Waals surface area contributed by atoms with Crippen molar-refractivity contribution < 1.29 is 4.79 Å². The van der Waals surface area contributed by atoms with E-state index in [1.807, 2.05) is 24.3 Å². The Bertz CT molecular complexity index is 804. The van der Waals surface area contributed by atoms with Gasteiger partial charge in [-0.15, -0.1) is 0 Å². The van der Waals surface area contributed by atoms with Crippen LogP contribution in [0.4, 0.5) is 5.82 Å². The van der Waals surface area contributed by atoms with Crippen molar-refractivity contribution in [2.75, 3.05) is 11.1 Å². The van der Waals surface area contributed by atoms with E-state index in [4.69, 9.17) is 23.2 Å². The third kappa shape index (κ3) is 3.52. The van der Waals surface area contributed by atoms with Crippen molar-refractivity contribution in [1.82, 2.24) is 15.0 Å². The molecule has 0 aliphatic rings. The number of rotatable bonds is 4. The number of benzene rings is 1. The molecule has 5 nitrogen and oxygen atoms in total. The lowest BCUT2D eigenvalue weighted by molar-refractivity contribution is -0.113. The Hall–Kier alpha value is -1.76. The van der Waals surface area contributed by atoms with Crippen molar-refractivity contribution >= 4 is 57.7 Å². The van der Waals surface area contributed by atoms with Gasteiger partial charge in [-0.05, 0) is 18.2 Å². The number of H-pyrrole nitrogens is 1. The molecule has 22 heavy (non-hydrogen) atoms. The molecule has 0 aliphatic carbocycles. The number of nitrogens with one attached hydrogen (secondary N) is 2. The zero-order chi connectivity index (χ0) is 15.5. The van der Waals surface area contributed by atoms with E-state index < -0.39 is 0 Å². The summed E-state index contributed by atoms with van der Waals surface area (Å²) in [5.41, 5.74) is 1.81. The van der Waals surface area contributed by atoms with E-state index in [0.29, 0.717) is 21.0 Å². The summed E-state index contributed by atoms with van der Waals surface area (Å²) < 4.78 is 0. The van der Waals surface area contributed by atoms with Crippen LogP contribution in [0, 0.1) is 0 Å². The lowest BCUT2D eigenvalue weighted by Crippen LogP contribution is -2.15. The largest absolute Gasteiger partial charge is 0.333 e. The molecule has 0 spiro atoms. The third-order valence-corrected chi connectivity index (χ3v) is 4.14. The number of carbonyl (C=O) groups is 1. The first-order valence-corrected chi connectivity index (χ1v) is 8.04. The number of thioether (sulfide) groups is 1. The summed E-state index contributed by atoms with van der Waals surface area (Å²) >= 11 is 13.0. The molecule has 3 aromatic rings. The Morgan fingerprint density at radius 1 is 1.32 bits per heavy atom. The number of hydrogen-bond donors (Lipinski definition) is 2. The van der Waals surface area contributed by atoms with Crippen LogP contribution in [0.3, 0.4) is 0 Å². The molecule has 0 saturated carbocycles. The fraction of sp³-hybridized carbons (Fsp3) is 0.0714. The quantitative estimate of drug-likeness (QED) is 0.696. The van der Waals surface area contributed by atoms with Crippen LogP contribution in [0.5, 0.6) is 0 Å². The van der Waals surface area contributed by atoms with Crippen LogP contribution < -0.4 is 5.32 Å². The van der Waals surface area contributed by atoms with Gasteiger partial charge in [-0.1, -0.05) is 47.1 Å². The molecule has 0 fully saturated rings. The number of aromatic amines is 1. The molecule has 0 aliphatic heterocycles. The van der Waals surface area contributed by atoms with Gasteiger partial charge in [0.25, 0.3) is 0 Å². The minimum absolute atomic E-state index is 0.195. The molecule has 8 heteroatoms. The first-order valence-electron chi connectivity index (χ1n) is 6.30. The van der Waals surface area contributed by atoms with E-state index in [9.17, 15) is 4.79 Å². The number of anilines is 1. The van der Waals surface area contributed by atoms with Crippen LogP contribution in [0.25, 0.3) is 11.0 Å². The van der Waals surface area contributed by atoms with Crippen LogP contribution in [-0.2, 0) is 4.79 Å². The number of nitrogens with zero attached hydrogens (tertiary/aromatic N) is 2. The summed E-state index contributed by atoms with van der Waals surface area (Å²) in [5, 5.41) is 4.04. The average molecular weight is 353 g/mol. The summed E-state index contributed by atoms with van der Waals surface area (Å²) in [6.07, 6.45) is 1.43. The van der Waals surface area contributed by atoms with Crippen LogP contribution in [-0.4, -0.2) is 26.6 Å². The summed E-state index contributed by atoms with van der Waals surface area (Å²) in [5.74, 6) is 0.268. The predicted molar refractivity (Wildman–Crippen MR) is 89.7 cm³/mol. The highest BCUT2D eigenvalue weighted by atomic mass is 35.5. The van der Waals surface area contributed by atoms with Gasteiger partial charge in [0.1, 0.15) is 0 Å². The molecule has 0 atom stereocenters. The number of pyridine rings is 1. The second-order valence-corrected chi connectivity index (χ2v) is 6.19. The van der Waals surface area contributed by atoms with Gasteiger partial charge in [-0.2, -0.15) is 0 Å². The third-order valence-electron chi connectivity index (χ3n) is 2.77. The predicted octanol–water partition coefficient (Wildman–Crippen LogP) is 4.00. The number of imidazole rings is 1. The Labute approximate surface area is 140 Å². The number of hydrogen-bond acceptors (Lipinski definition) is 4. The summed E-state index contributed by atoms with van der Waals surface area (Å²) in [4.78, 5) is 23.4. The van der Waals surface area contributed by atoms with Crippen molar-refractivity contribution in [3.05, 3.63) is 46.6 Å². The van der Waals surface area contributed by atoms with E-state index in [1.54, 1.807) is 0 Å². The van der Waals surface area contributed by atoms with Crippen molar-refractivity contribution in [3.8, 4) is 0 Å². The number of amides is 1. The van der Waals surface area contributed by atoms with E-state index in [-0.39, 0.29) is 11.7 Å². The molecule has 0 radical (unpaired) electrons. The molecule has 2 N–H and O–H groups in total. The first-order chi connectivity index (χ1) is 10.6. The topological polar surface area (TPSA) is 70.7 Å². The van der Waals surface area contributed by atoms with Crippen molar-refractivity contribution in [2.24, 2.45) is 0 Å². The molecule has 2 aromatic heterocycles. The minimum Gasteiger partial charge on any atom is -0.333 e. The normalized spacial score (nSPS) is 10.8. The fourth-order valence-electron chi connectivity index (χ4n) is 1.81. The van der Waals surface area contributed by atoms with Crippen LogP contribution in [0.1, 0.15) is 0 Å². The maximum atomic E-state index is 11.9. The molecule has 112 valence electrons. The van der Waals surface area contributed by atoms with Gasteiger partial charge < -0.3 is 10.3 Å². The van der Waals surface area contributed by atoms with E-state index in [0.717, 1.165) is 11.0 Å². The zero-order valence-corrected chi connectivity index (χ0v) is 13.5. The molecule has 3 rings (SSSR count). The summed E-state index contributed by atoms with van der Waals surface area (Å²) in [7, 11) is 0. The number of para-hydroxylation sites is 2. The van der Waals surface area contributed by atoms with Gasteiger partial charge in [-0.3, -0.25) is 4.79 Å². The van der Waals surface area contributed by atoms with Gasteiger partial charge >= 0.3 is 0 Å². The fourth-order valence-corrected chi connectivity index (χ4v) is 2.92. The van der Waals surface area contributed by atoms with Crippen molar-refractivity contribution in [2.45, 2.75) is 5.16 Å². The van der Waals surface area contributed by atoms with E-state index in [2.05, 4.69) is 20.3 Å². The highest BCUT2D eigenvalue weighted by molar-refractivity contribution is 7.99. The summed E-state index contributed by atoms with van der Waals surface area (Å²) in [6.45, 7) is 0. The molecular weight excluding hydrogens is 343 g/mol. The molecule has 0 bridgehead atoms. The monoisotopic (exact) mass is 352 g/mol. The highest BCUT2D eigenvalue weighted by Crippen LogP contribution is 2.23. The number of carbonyl (C=O) groups excluding carboxylic acids is 1. The number of halogens is 2.